The molecule has 564 valence electrons. The maximum absolute atomic E-state index is 14.2. The van der Waals surface area contributed by atoms with Crippen LogP contribution < -0.4 is 85.5 Å². The van der Waals surface area contributed by atoms with Crippen molar-refractivity contribution in [2.45, 2.75) is 260 Å². The van der Waals surface area contributed by atoms with Gasteiger partial charge in [-0.1, -0.05) is 96.9 Å². The molecule has 0 spiro atoms. The maximum atomic E-state index is 14.2. The summed E-state index contributed by atoms with van der Waals surface area (Å²) in [5.41, 5.74) is 5.48. The number of nitrogens with two attached hydrogens (primary N) is 1. The molecule has 4 saturated heterocycles. The van der Waals surface area contributed by atoms with Crippen molar-refractivity contribution in [3.05, 3.63) is 0 Å². The fourth-order valence-electron chi connectivity index (χ4n) is 14.5. The Balaban J connectivity index is 1.31. The standard InChI is InChI=1S/C71H128N16O12/c1-38(2)16-46(23-61(72)89)80-68(96)53-30-73-34-57(53)85-65(93)25-48(18-40(5)6)78-63(91)28-51(21-43(11)12)82-70(98)56-33-76-37-60(56)87-67(95)29-52(22-44(13)14)83-71(99)55-32-75-36-59(55)86-66(94)26-49(19-41(7)8)79-62(90)27-50(20-42(9)10)81-69(97)54-31-74-35-58(54)84-64(92)24-47(17-39(3)4)77-45(15)88/h38-44,46-60,73-76H,16-37H2,1-15H3,(H2,72,89)(H,77,88)(H,78,91)(H,79,90)(H,80,96)(H,81,97)(H,82,98)(H,83,99)(H,84,92)(H,85,93)(H,86,94)(H,87,95)/t46-,47-,48-,49-,50-,51-,52-,53-,54-,55-,56-,57-,58-,59-,60-/m0/s1. The molecule has 0 radical (unpaired) electrons. The summed E-state index contributed by atoms with van der Waals surface area (Å²) in [5.74, 6) is -5.45. The normalized spacial score (nSPS) is 22.8. The molecule has 0 aromatic carbocycles. The van der Waals surface area contributed by atoms with Gasteiger partial charge in [0.15, 0.2) is 0 Å². The van der Waals surface area contributed by atoms with Crippen LogP contribution in [0.25, 0.3) is 0 Å². The second kappa shape index (κ2) is 42.7. The number of carbonyl (C=O) groups excluding carboxylic acids is 12. The van der Waals surface area contributed by atoms with E-state index in [-0.39, 0.29) is 170 Å². The molecule has 0 aromatic heterocycles. The number of rotatable bonds is 43. The molecule has 4 aliphatic rings. The molecule has 0 saturated carbocycles. The third kappa shape index (κ3) is 32.8. The zero-order valence-electron chi connectivity index (χ0n) is 62.2. The first-order chi connectivity index (χ1) is 46.5. The van der Waals surface area contributed by atoms with E-state index >= 15 is 0 Å². The molecule has 0 bridgehead atoms. The lowest BCUT2D eigenvalue weighted by Gasteiger charge is -2.28. The van der Waals surface area contributed by atoms with Crippen LogP contribution in [0.4, 0.5) is 0 Å². The number of hydrogen-bond acceptors (Lipinski definition) is 16. The van der Waals surface area contributed by atoms with Gasteiger partial charge >= 0.3 is 0 Å². The van der Waals surface area contributed by atoms with Gasteiger partial charge in [-0.05, 0) is 86.4 Å². The van der Waals surface area contributed by atoms with Gasteiger partial charge in [0, 0.05) is 147 Å². The highest BCUT2D eigenvalue weighted by Gasteiger charge is 2.41. The van der Waals surface area contributed by atoms with Gasteiger partial charge in [-0.15, -0.1) is 0 Å². The van der Waals surface area contributed by atoms with Gasteiger partial charge in [-0.2, -0.15) is 0 Å². The Morgan fingerprint density at radius 3 is 0.677 bits per heavy atom. The Morgan fingerprint density at radius 1 is 0.283 bits per heavy atom. The molecule has 4 fully saturated rings. The fraction of sp³-hybridized carbons (Fsp3) is 0.831. The van der Waals surface area contributed by atoms with E-state index in [2.05, 4.69) is 79.8 Å². The minimum atomic E-state index is -0.674. The lowest BCUT2D eigenvalue weighted by molar-refractivity contribution is -0.130. The predicted octanol–water partition coefficient (Wildman–Crippen LogP) is 0.755. The minimum absolute atomic E-state index is 0.00996. The first-order valence-corrected chi connectivity index (χ1v) is 36.9. The topological polar surface area (TPSA) is 411 Å². The van der Waals surface area contributed by atoms with Crippen LogP contribution in [0.5, 0.6) is 0 Å². The molecule has 12 amide bonds. The predicted molar refractivity (Wildman–Crippen MR) is 380 cm³/mol. The molecule has 0 unspecified atom stereocenters. The molecular weight excluding hydrogens is 1270 g/mol. The summed E-state index contributed by atoms with van der Waals surface area (Å²) >= 11 is 0. The second-order valence-electron chi connectivity index (χ2n) is 31.8. The molecule has 0 aromatic rings. The molecule has 0 aliphatic carbocycles. The second-order valence-corrected chi connectivity index (χ2v) is 31.8. The zero-order chi connectivity index (χ0) is 73.8. The van der Waals surface area contributed by atoms with Gasteiger partial charge < -0.3 is 85.5 Å². The van der Waals surface area contributed by atoms with Crippen molar-refractivity contribution in [1.82, 2.24) is 79.8 Å². The first kappa shape index (κ1) is 84.9. The van der Waals surface area contributed by atoms with Gasteiger partial charge in [0.05, 0.1) is 47.8 Å². The summed E-state index contributed by atoms with van der Waals surface area (Å²) in [6, 6.07) is -5.72. The molecule has 99 heavy (non-hydrogen) atoms. The highest BCUT2D eigenvalue weighted by molar-refractivity contribution is 5.88. The summed E-state index contributed by atoms with van der Waals surface area (Å²) in [7, 11) is 0. The van der Waals surface area contributed by atoms with Crippen molar-refractivity contribution >= 4 is 70.9 Å². The van der Waals surface area contributed by atoms with E-state index < -0.39 is 90.0 Å². The van der Waals surface area contributed by atoms with Crippen LogP contribution >= 0.6 is 0 Å². The lowest BCUT2D eigenvalue weighted by atomic mass is 9.96. The Kier molecular flexibility index (Phi) is 36.6. The highest BCUT2D eigenvalue weighted by atomic mass is 16.2. The molecule has 4 heterocycles. The van der Waals surface area contributed by atoms with Crippen LogP contribution in [0.2, 0.25) is 0 Å². The number of carbonyl (C=O) groups is 12. The molecule has 4 rings (SSSR count). The average molecular weight is 1400 g/mol. The van der Waals surface area contributed by atoms with E-state index in [0.29, 0.717) is 84.2 Å². The van der Waals surface area contributed by atoms with Crippen LogP contribution in [0, 0.1) is 65.1 Å². The summed E-state index contributed by atoms with van der Waals surface area (Å²) in [5, 5.41) is 46.2. The molecular formula is C71H128N16O12. The Labute approximate surface area is 589 Å². The number of nitrogens with one attached hydrogen (secondary N) is 15. The van der Waals surface area contributed by atoms with Crippen molar-refractivity contribution in [2.24, 2.45) is 70.8 Å². The SMILES string of the molecule is CC(=O)N[C@H](CC(=O)N[C@H]1CNC[C@@H]1C(=O)N[C@H](CC(=O)N[C@H](CC(=O)N[C@H]1CNC[C@@H]1C(=O)N[C@H](CC(=O)N[C@H]1CNC[C@@H]1C(=O)N[C@H](CC(=O)N[C@H](CC(=O)N[C@H]1CNC[C@@H]1C(=O)N[C@H](CC(N)=O)CC(C)C)CC(C)C)CC(C)C)CC(C)C)CC(C)C)CC(C)C)CC(C)C. The molecule has 15 atom stereocenters. The Bertz CT molecular complexity index is 2660. The maximum Gasteiger partial charge on any atom is 0.226 e. The van der Waals surface area contributed by atoms with E-state index in [0.717, 1.165) is 0 Å². The number of hydrogen-bond donors (Lipinski definition) is 16. The van der Waals surface area contributed by atoms with Gasteiger partial charge in [0.1, 0.15) is 0 Å². The van der Waals surface area contributed by atoms with E-state index in [9.17, 15) is 57.5 Å². The smallest absolute Gasteiger partial charge is 0.226 e. The van der Waals surface area contributed by atoms with Gasteiger partial charge in [0.2, 0.25) is 70.9 Å². The number of primary amides is 1. The van der Waals surface area contributed by atoms with Crippen molar-refractivity contribution < 1.29 is 57.5 Å². The Hall–Kier alpha value is -6.52. The van der Waals surface area contributed by atoms with E-state index in [1.807, 2.05) is 96.9 Å². The van der Waals surface area contributed by atoms with Crippen LogP contribution in [0.1, 0.15) is 194 Å². The van der Waals surface area contributed by atoms with Gasteiger partial charge in [-0.3, -0.25) is 57.5 Å². The third-order valence-electron chi connectivity index (χ3n) is 18.4. The van der Waals surface area contributed by atoms with Crippen LogP contribution in [-0.4, -0.2) is 190 Å². The van der Waals surface area contributed by atoms with Crippen molar-refractivity contribution in [1.29, 1.82) is 0 Å². The van der Waals surface area contributed by atoms with Crippen molar-refractivity contribution in [3.63, 3.8) is 0 Å². The first-order valence-electron chi connectivity index (χ1n) is 36.9. The third-order valence-corrected chi connectivity index (χ3v) is 18.4. The van der Waals surface area contributed by atoms with Gasteiger partial charge in [-0.25, -0.2) is 0 Å². The lowest BCUT2D eigenvalue weighted by Crippen LogP contribution is -2.52. The van der Waals surface area contributed by atoms with Crippen molar-refractivity contribution in [3.8, 4) is 0 Å². The van der Waals surface area contributed by atoms with E-state index in [1.54, 1.807) is 0 Å². The van der Waals surface area contributed by atoms with E-state index in [4.69, 9.17) is 5.73 Å². The largest absolute Gasteiger partial charge is 0.370 e. The molecule has 28 nitrogen and oxygen atoms in total. The fourth-order valence-corrected chi connectivity index (χ4v) is 14.5. The Morgan fingerprint density at radius 2 is 0.475 bits per heavy atom. The van der Waals surface area contributed by atoms with Crippen LogP contribution in [0.15, 0.2) is 0 Å². The van der Waals surface area contributed by atoms with Gasteiger partial charge in [0.25, 0.3) is 0 Å². The van der Waals surface area contributed by atoms with Crippen molar-refractivity contribution in [2.75, 3.05) is 52.4 Å². The zero-order valence-corrected chi connectivity index (χ0v) is 62.2. The molecule has 28 heteroatoms. The van der Waals surface area contributed by atoms with Crippen LogP contribution in [0.3, 0.4) is 0 Å². The van der Waals surface area contributed by atoms with Crippen LogP contribution in [-0.2, 0) is 57.5 Å². The highest BCUT2D eigenvalue weighted by Crippen LogP contribution is 2.22. The number of amides is 12. The minimum Gasteiger partial charge on any atom is -0.370 e. The summed E-state index contributed by atoms with van der Waals surface area (Å²) in [6.07, 6.45) is 3.48. The summed E-state index contributed by atoms with van der Waals surface area (Å²) < 4.78 is 0. The summed E-state index contributed by atoms with van der Waals surface area (Å²) in [6.45, 7) is 32.0. The summed E-state index contributed by atoms with van der Waals surface area (Å²) in [4.78, 5) is 162. The average Bonchev–Trinajstić information content (AvgIpc) is 1.77. The quantitative estimate of drug-likeness (QED) is 0.0401. The van der Waals surface area contributed by atoms with E-state index in [1.165, 1.54) is 6.92 Å². The molecule has 17 N–H and O–H groups in total. The monoisotopic (exact) mass is 1400 g/mol. The molecule has 4 aliphatic heterocycles.